The van der Waals surface area contributed by atoms with E-state index in [1.165, 1.54) is 17.0 Å². The number of para-hydroxylation sites is 1. The highest BCUT2D eigenvalue weighted by Crippen LogP contribution is 2.39. The third-order valence-corrected chi connectivity index (χ3v) is 4.44. The first-order chi connectivity index (χ1) is 12.7. The summed E-state index contributed by atoms with van der Waals surface area (Å²) < 4.78 is 40.6. The van der Waals surface area contributed by atoms with Crippen LogP contribution in [0.4, 0.5) is 18.9 Å². The number of rotatable bonds is 3. The number of alkyl halides is 3. The molecule has 2 unspecified atom stereocenters. The van der Waals surface area contributed by atoms with E-state index in [1.54, 1.807) is 31.2 Å². The summed E-state index contributed by atoms with van der Waals surface area (Å²) in [5.41, 5.74) is 1.21. The standard InChI is InChI=1S/C19H16F3NO4/c1-11-10-15(18(25)26)14-4-2-3-5-16(14)23(11)17(24)12-6-8-13(9-7-12)27-19(20,21)22/h2-9,11,15H,10H2,1H3,(H,25,26). The summed E-state index contributed by atoms with van der Waals surface area (Å²) in [6, 6.07) is 11.0. The fourth-order valence-electron chi connectivity index (χ4n) is 3.29. The maximum Gasteiger partial charge on any atom is 0.573 e. The predicted octanol–water partition coefficient (Wildman–Crippen LogP) is 4.19. The van der Waals surface area contributed by atoms with Crippen LogP contribution in [0.25, 0.3) is 0 Å². The molecule has 0 spiro atoms. The molecule has 0 saturated carbocycles. The molecule has 2 atom stereocenters. The zero-order chi connectivity index (χ0) is 19.8. The van der Waals surface area contributed by atoms with Crippen LogP contribution in [0.1, 0.15) is 35.2 Å². The second-order valence-corrected chi connectivity index (χ2v) is 6.28. The molecule has 5 nitrogen and oxygen atoms in total. The van der Waals surface area contributed by atoms with E-state index in [0.29, 0.717) is 11.3 Å². The van der Waals surface area contributed by atoms with Crippen LogP contribution in [0.5, 0.6) is 5.75 Å². The number of hydrogen-bond acceptors (Lipinski definition) is 3. The van der Waals surface area contributed by atoms with Gasteiger partial charge in [0.25, 0.3) is 5.91 Å². The number of carboxylic acids is 1. The maximum absolute atomic E-state index is 13.0. The van der Waals surface area contributed by atoms with Crippen LogP contribution >= 0.6 is 0 Å². The number of anilines is 1. The minimum absolute atomic E-state index is 0.181. The lowest BCUT2D eigenvalue weighted by Crippen LogP contribution is -2.44. The quantitative estimate of drug-likeness (QED) is 0.868. The Morgan fingerprint density at radius 1 is 1.11 bits per heavy atom. The minimum Gasteiger partial charge on any atom is -0.481 e. The summed E-state index contributed by atoms with van der Waals surface area (Å²) in [4.78, 5) is 26.0. The van der Waals surface area contributed by atoms with Gasteiger partial charge in [-0.3, -0.25) is 9.59 Å². The Labute approximate surface area is 153 Å². The van der Waals surface area contributed by atoms with Crippen LogP contribution in [0.3, 0.4) is 0 Å². The van der Waals surface area contributed by atoms with Gasteiger partial charge in [-0.2, -0.15) is 0 Å². The first kappa shape index (κ1) is 18.8. The third kappa shape index (κ3) is 3.89. The van der Waals surface area contributed by atoms with Gasteiger partial charge in [-0.1, -0.05) is 18.2 Å². The van der Waals surface area contributed by atoms with Gasteiger partial charge in [-0.05, 0) is 49.2 Å². The molecule has 0 aliphatic carbocycles. The summed E-state index contributed by atoms with van der Waals surface area (Å²) in [5, 5.41) is 9.46. The molecule has 1 aliphatic heterocycles. The van der Waals surface area contributed by atoms with Crippen molar-refractivity contribution in [2.45, 2.75) is 31.7 Å². The Kier molecular flexibility index (Phi) is 4.82. The maximum atomic E-state index is 13.0. The molecule has 0 aromatic heterocycles. The van der Waals surface area contributed by atoms with Crippen LogP contribution in [0, 0.1) is 0 Å². The number of amides is 1. The number of nitrogens with zero attached hydrogens (tertiary/aromatic N) is 1. The molecule has 2 aromatic rings. The largest absolute Gasteiger partial charge is 0.573 e. The number of carboxylic acid groups (broad SMARTS) is 1. The zero-order valence-electron chi connectivity index (χ0n) is 14.2. The van der Waals surface area contributed by atoms with Crippen LogP contribution in [-0.4, -0.2) is 29.4 Å². The molecule has 2 aromatic carbocycles. The fourth-order valence-corrected chi connectivity index (χ4v) is 3.29. The molecule has 0 bridgehead atoms. The van der Waals surface area contributed by atoms with E-state index in [-0.39, 0.29) is 18.0 Å². The highest BCUT2D eigenvalue weighted by atomic mass is 19.4. The van der Waals surface area contributed by atoms with Crippen molar-refractivity contribution >= 4 is 17.6 Å². The van der Waals surface area contributed by atoms with Gasteiger partial charge >= 0.3 is 12.3 Å². The van der Waals surface area contributed by atoms with E-state index in [9.17, 15) is 27.9 Å². The van der Waals surface area contributed by atoms with Crippen molar-refractivity contribution in [2.24, 2.45) is 0 Å². The van der Waals surface area contributed by atoms with Crippen molar-refractivity contribution in [3.63, 3.8) is 0 Å². The van der Waals surface area contributed by atoms with Crippen LogP contribution in [-0.2, 0) is 4.79 Å². The van der Waals surface area contributed by atoms with Gasteiger partial charge in [0.05, 0.1) is 5.92 Å². The number of carbonyl (C=O) groups is 2. The van der Waals surface area contributed by atoms with Crippen molar-refractivity contribution in [3.05, 3.63) is 59.7 Å². The lowest BCUT2D eigenvalue weighted by molar-refractivity contribution is -0.274. The lowest BCUT2D eigenvalue weighted by atomic mass is 9.85. The van der Waals surface area contributed by atoms with E-state index < -0.39 is 29.9 Å². The van der Waals surface area contributed by atoms with E-state index in [2.05, 4.69) is 4.74 Å². The van der Waals surface area contributed by atoms with Gasteiger partial charge in [0, 0.05) is 17.3 Å². The normalized spacial score (nSPS) is 19.3. The summed E-state index contributed by atoms with van der Waals surface area (Å²) in [6.45, 7) is 1.74. The molecule has 142 valence electrons. The van der Waals surface area contributed by atoms with E-state index >= 15 is 0 Å². The Morgan fingerprint density at radius 2 is 1.74 bits per heavy atom. The summed E-state index contributed by atoms with van der Waals surface area (Å²) in [7, 11) is 0. The van der Waals surface area contributed by atoms with E-state index in [4.69, 9.17) is 0 Å². The molecule has 3 rings (SSSR count). The topological polar surface area (TPSA) is 66.8 Å². The van der Waals surface area contributed by atoms with Gasteiger partial charge in [-0.15, -0.1) is 13.2 Å². The molecule has 1 heterocycles. The molecule has 0 fully saturated rings. The summed E-state index contributed by atoms with van der Waals surface area (Å²) in [5.74, 6) is -2.52. The first-order valence-corrected chi connectivity index (χ1v) is 8.18. The highest BCUT2D eigenvalue weighted by Gasteiger charge is 2.37. The number of fused-ring (bicyclic) bond motifs is 1. The number of benzene rings is 2. The second-order valence-electron chi connectivity index (χ2n) is 6.28. The monoisotopic (exact) mass is 379 g/mol. The number of halogens is 3. The smallest absolute Gasteiger partial charge is 0.481 e. The van der Waals surface area contributed by atoms with Crippen LogP contribution in [0.2, 0.25) is 0 Å². The molecule has 1 N–H and O–H groups in total. The number of aliphatic carboxylic acids is 1. The van der Waals surface area contributed by atoms with Gasteiger partial charge in [0.1, 0.15) is 5.75 Å². The summed E-state index contributed by atoms with van der Waals surface area (Å²) in [6.07, 6.45) is -4.56. The average molecular weight is 379 g/mol. The van der Waals surface area contributed by atoms with Crippen molar-refractivity contribution < 1.29 is 32.6 Å². The van der Waals surface area contributed by atoms with Gasteiger partial charge in [0.15, 0.2) is 0 Å². The van der Waals surface area contributed by atoms with Crippen molar-refractivity contribution in [1.82, 2.24) is 0 Å². The van der Waals surface area contributed by atoms with Crippen molar-refractivity contribution in [1.29, 1.82) is 0 Å². The Morgan fingerprint density at radius 3 is 2.33 bits per heavy atom. The molecule has 27 heavy (non-hydrogen) atoms. The fraction of sp³-hybridized carbons (Fsp3) is 0.263. The molecular weight excluding hydrogens is 363 g/mol. The molecule has 0 saturated heterocycles. The average Bonchev–Trinajstić information content (AvgIpc) is 2.59. The van der Waals surface area contributed by atoms with Gasteiger partial charge < -0.3 is 14.7 Å². The summed E-state index contributed by atoms with van der Waals surface area (Å²) >= 11 is 0. The molecule has 1 amide bonds. The highest BCUT2D eigenvalue weighted by molar-refractivity contribution is 6.07. The Balaban J connectivity index is 1.92. The lowest BCUT2D eigenvalue weighted by Gasteiger charge is -2.38. The zero-order valence-corrected chi connectivity index (χ0v) is 14.2. The molecular formula is C19H16F3NO4. The molecule has 8 heteroatoms. The number of carbonyl (C=O) groups excluding carboxylic acids is 1. The van der Waals surface area contributed by atoms with Gasteiger partial charge in [0.2, 0.25) is 0 Å². The SMILES string of the molecule is CC1CC(C(=O)O)c2ccccc2N1C(=O)c1ccc(OC(F)(F)F)cc1. The van der Waals surface area contributed by atoms with Crippen molar-refractivity contribution in [2.75, 3.05) is 4.90 Å². The number of ether oxygens (including phenoxy) is 1. The van der Waals surface area contributed by atoms with E-state index in [0.717, 1.165) is 12.1 Å². The van der Waals surface area contributed by atoms with Crippen LogP contribution in [0.15, 0.2) is 48.5 Å². The Hall–Kier alpha value is -3.03. The van der Waals surface area contributed by atoms with Crippen LogP contribution < -0.4 is 9.64 Å². The van der Waals surface area contributed by atoms with E-state index in [1.807, 2.05) is 0 Å². The predicted molar refractivity (Wildman–Crippen MR) is 90.8 cm³/mol. The van der Waals surface area contributed by atoms with Crippen molar-refractivity contribution in [3.8, 4) is 5.75 Å². The first-order valence-electron chi connectivity index (χ1n) is 8.18. The second kappa shape index (κ2) is 6.94. The Bertz CT molecular complexity index is 864. The molecule has 1 aliphatic rings. The number of hydrogen-bond donors (Lipinski definition) is 1. The third-order valence-electron chi connectivity index (χ3n) is 4.44. The molecule has 0 radical (unpaired) electrons. The van der Waals surface area contributed by atoms with Gasteiger partial charge in [-0.25, -0.2) is 0 Å². The minimum atomic E-state index is -4.81.